The minimum absolute atomic E-state index is 0.0984. The lowest BCUT2D eigenvalue weighted by molar-refractivity contribution is -0.140. The minimum Gasteiger partial charge on any atom is -0.467 e. The van der Waals surface area contributed by atoms with E-state index in [0.717, 1.165) is 4.57 Å². The SMILES string of the molecule is COc1ncc(-c2ccc3c4[nH]ncc4c(=O)n(CC(F)(F)F)c3c2)c(N(C)C)n1. The first-order chi connectivity index (χ1) is 14.2. The molecule has 4 rings (SSSR count). The van der Waals surface area contributed by atoms with Crippen LogP contribution in [0.2, 0.25) is 0 Å². The smallest absolute Gasteiger partial charge is 0.406 e. The second-order valence-corrected chi connectivity index (χ2v) is 6.89. The topological polar surface area (TPSA) is 88.9 Å². The third-order valence-electron chi connectivity index (χ3n) is 4.67. The standard InChI is InChI=1S/C19H17F3N6O2/c1-27(2)16-12(7-23-18(25-16)30-3)10-4-5-11-14(6-10)28(9-19(20,21)22)17(29)13-8-24-26-15(11)13/h4-8H,9H2,1-3H3,(H,24,26). The van der Waals surface area contributed by atoms with Gasteiger partial charge in [-0.25, -0.2) is 4.98 Å². The molecular formula is C19H17F3N6O2. The first-order valence-corrected chi connectivity index (χ1v) is 8.84. The molecule has 0 spiro atoms. The lowest BCUT2D eigenvalue weighted by Gasteiger charge is -2.18. The number of fused-ring (bicyclic) bond motifs is 3. The summed E-state index contributed by atoms with van der Waals surface area (Å²) in [6.07, 6.45) is -1.80. The number of H-pyrrole nitrogens is 1. The van der Waals surface area contributed by atoms with Crippen molar-refractivity contribution in [3.05, 3.63) is 40.9 Å². The van der Waals surface area contributed by atoms with Gasteiger partial charge in [0.1, 0.15) is 12.4 Å². The maximum atomic E-state index is 13.2. The Labute approximate surface area is 167 Å². The lowest BCUT2D eigenvalue weighted by atomic mass is 10.0. The molecule has 0 aliphatic heterocycles. The van der Waals surface area contributed by atoms with Crippen LogP contribution in [0.25, 0.3) is 32.9 Å². The number of alkyl halides is 3. The first-order valence-electron chi connectivity index (χ1n) is 8.84. The Kier molecular flexibility index (Phi) is 4.60. The van der Waals surface area contributed by atoms with Crippen LogP contribution in [0.15, 0.2) is 35.4 Å². The van der Waals surface area contributed by atoms with Crippen molar-refractivity contribution in [2.45, 2.75) is 12.7 Å². The molecule has 0 bridgehead atoms. The third kappa shape index (κ3) is 3.31. The van der Waals surface area contributed by atoms with E-state index in [1.165, 1.54) is 25.6 Å². The molecule has 3 aromatic heterocycles. The van der Waals surface area contributed by atoms with Gasteiger partial charge in [-0.3, -0.25) is 14.5 Å². The summed E-state index contributed by atoms with van der Waals surface area (Å²) in [5.41, 5.74) is 0.895. The van der Waals surface area contributed by atoms with Gasteiger partial charge in [-0.05, 0) is 11.6 Å². The number of hydrogen-bond acceptors (Lipinski definition) is 6. The summed E-state index contributed by atoms with van der Waals surface area (Å²) >= 11 is 0. The fourth-order valence-electron chi connectivity index (χ4n) is 3.38. The number of aromatic amines is 1. The van der Waals surface area contributed by atoms with E-state index in [-0.39, 0.29) is 16.9 Å². The molecule has 0 atom stereocenters. The predicted octanol–water partition coefficient (Wildman–Crippen LogP) is 2.97. The average molecular weight is 418 g/mol. The monoisotopic (exact) mass is 418 g/mol. The van der Waals surface area contributed by atoms with Gasteiger partial charge in [0, 0.05) is 31.2 Å². The van der Waals surface area contributed by atoms with E-state index in [0.29, 0.717) is 27.8 Å². The van der Waals surface area contributed by atoms with Crippen molar-refractivity contribution in [2.24, 2.45) is 0 Å². The summed E-state index contributed by atoms with van der Waals surface area (Å²) in [4.78, 5) is 22.9. The van der Waals surface area contributed by atoms with Crippen LogP contribution in [0.5, 0.6) is 6.01 Å². The van der Waals surface area contributed by atoms with Gasteiger partial charge >= 0.3 is 12.2 Å². The summed E-state index contributed by atoms with van der Waals surface area (Å²) < 4.78 is 45.5. The molecule has 8 nitrogen and oxygen atoms in total. The van der Waals surface area contributed by atoms with Crippen molar-refractivity contribution < 1.29 is 17.9 Å². The number of pyridine rings is 1. The molecule has 0 amide bonds. The molecule has 1 N–H and O–H groups in total. The fraction of sp³-hybridized carbons (Fsp3) is 0.263. The number of benzene rings is 1. The fourth-order valence-corrected chi connectivity index (χ4v) is 3.38. The highest BCUT2D eigenvalue weighted by molar-refractivity contribution is 6.04. The molecule has 11 heteroatoms. The average Bonchev–Trinajstić information content (AvgIpc) is 3.19. The van der Waals surface area contributed by atoms with Crippen molar-refractivity contribution in [3.8, 4) is 17.1 Å². The molecular weight excluding hydrogens is 401 g/mol. The van der Waals surface area contributed by atoms with Crippen LogP contribution >= 0.6 is 0 Å². The van der Waals surface area contributed by atoms with Gasteiger partial charge in [0.2, 0.25) is 0 Å². The Morgan fingerprint density at radius 3 is 2.63 bits per heavy atom. The number of halogens is 3. The van der Waals surface area contributed by atoms with Crippen LogP contribution in [0.1, 0.15) is 0 Å². The molecule has 0 radical (unpaired) electrons. The van der Waals surface area contributed by atoms with Crippen LogP contribution in [0.4, 0.5) is 19.0 Å². The highest BCUT2D eigenvalue weighted by Gasteiger charge is 2.30. The van der Waals surface area contributed by atoms with Crippen molar-refractivity contribution in [2.75, 3.05) is 26.1 Å². The van der Waals surface area contributed by atoms with Crippen LogP contribution in [-0.4, -0.2) is 52.1 Å². The maximum Gasteiger partial charge on any atom is 0.406 e. The number of methoxy groups -OCH3 is 1. The number of aromatic nitrogens is 5. The van der Waals surface area contributed by atoms with Gasteiger partial charge in [-0.1, -0.05) is 12.1 Å². The van der Waals surface area contributed by atoms with E-state index in [9.17, 15) is 18.0 Å². The minimum atomic E-state index is -4.57. The molecule has 0 saturated heterocycles. The summed E-state index contributed by atoms with van der Waals surface area (Å²) in [5.74, 6) is 0.522. The number of rotatable bonds is 4. The Balaban J connectivity index is 2.03. The van der Waals surface area contributed by atoms with Crippen LogP contribution in [0, 0.1) is 0 Å². The van der Waals surface area contributed by atoms with E-state index in [1.807, 2.05) is 0 Å². The van der Waals surface area contributed by atoms with Crippen LogP contribution < -0.4 is 15.2 Å². The lowest BCUT2D eigenvalue weighted by Crippen LogP contribution is -2.28. The first kappa shape index (κ1) is 19.7. The van der Waals surface area contributed by atoms with Gasteiger partial charge in [0.05, 0.1) is 29.7 Å². The van der Waals surface area contributed by atoms with E-state index < -0.39 is 18.3 Å². The molecule has 156 valence electrons. The van der Waals surface area contributed by atoms with E-state index in [2.05, 4.69) is 20.2 Å². The molecule has 4 aromatic rings. The molecule has 1 aromatic carbocycles. The summed E-state index contributed by atoms with van der Waals surface area (Å²) in [5, 5.41) is 7.08. The predicted molar refractivity (Wildman–Crippen MR) is 106 cm³/mol. The quantitative estimate of drug-likeness (QED) is 0.548. The van der Waals surface area contributed by atoms with Crippen molar-refractivity contribution >= 4 is 27.6 Å². The summed E-state index contributed by atoms with van der Waals surface area (Å²) in [6, 6.07) is 5.09. The molecule has 0 aliphatic rings. The Morgan fingerprint density at radius 2 is 1.97 bits per heavy atom. The van der Waals surface area contributed by atoms with Gasteiger partial charge in [0.15, 0.2) is 0 Å². The molecule has 30 heavy (non-hydrogen) atoms. The van der Waals surface area contributed by atoms with Crippen molar-refractivity contribution in [1.29, 1.82) is 0 Å². The van der Waals surface area contributed by atoms with Crippen LogP contribution in [0.3, 0.4) is 0 Å². The summed E-state index contributed by atoms with van der Waals surface area (Å²) in [7, 11) is 5.00. The highest BCUT2D eigenvalue weighted by Crippen LogP contribution is 2.33. The second-order valence-electron chi connectivity index (χ2n) is 6.89. The molecule has 0 fully saturated rings. The number of anilines is 1. The van der Waals surface area contributed by atoms with E-state index in [1.54, 1.807) is 31.1 Å². The normalized spacial score (nSPS) is 11.9. The molecule has 0 aliphatic carbocycles. The van der Waals surface area contributed by atoms with E-state index >= 15 is 0 Å². The zero-order valence-electron chi connectivity index (χ0n) is 16.3. The molecule has 3 heterocycles. The van der Waals surface area contributed by atoms with E-state index in [4.69, 9.17) is 4.74 Å². The Bertz CT molecular complexity index is 1310. The van der Waals surface area contributed by atoms with Gasteiger partial charge in [-0.2, -0.15) is 23.3 Å². The second kappa shape index (κ2) is 7.01. The molecule has 0 unspecified atom stereocenters. The van der Waals surface area contributed by atoms with Gasteiger partial charge in [0.25, 0.3) is 5.56 Å². The zero-order chi connectivity index (χ0) is 21.6. The summed E-state index contributed by atoms with van der Waals surface area (Å²) in [6.45, 7) is -1.41. The van der Waals surface area contributed by atoms with Gasteiger partial charge < -0.3 is 9.64 Å². The molecule has 0 saturated carbocycles. The maximum absolute atomic E-state index is 13.2. The number of nitrogens with zero attached hydrogens (tertiary/aromatic N) is 5. The largest absolute Gasteiger partial charge is 0.467 e. The van der Waals surface area contributed by atoms with Gasteiger partial charge in [-0.15, -0.1) is 0 Å². The third-order valence-corrected chi connectivity index (χ3v) is 4.67. The number of ether oxygens (including phenoxy) is 1. The number of hydrogen-bond donors (Lipinski definition) is 1. The Morgan fingerprint density at radius 1 is 1.20 bits per heavy atom. The zero-order valence-corrected chi connectivity index (χ0v) is 16.3. The highest BCUT2D eigenvalue weighted by atomic mass is 19.4. The number of nitrogens with one attached hydrogen (secondary N) is 1. The van der Waals surface area contributed by atoms with Crippen LogP contribution in [-0.2, 0) is 6.54 Å². The van der Waals surface area contributed by atoms with Crippen molar-refractivity contribution in [1.82, 2.24) is 24.7 Å². The van der Waals surface area contributed by atoms with Crippen molar-refractivity contribution in [3.63, 3.8) is 0 Å². The Hall–Kier alpha value is -3.63.